The molecule has 28 heavy (non-hydrogen) atoms. The van der Waals surface area contributed by atoms with Gasteiger partial charge in [-0.15, -0.1) is 0 Å². The fourth-order valence-electron chi connectivity index (χ4n) is 2.36. The summed E-state index contributed by atoms with van der Waals surface area (Å²) in [5.74, 6) is 6.10. The van der Waals surface area contributed by atoms with Crippen molar-refractivity contribution in [2.75, 3.05) is 14.2 Å². The van der Waals surface area contributed by atoms with Crippen molar-refractivity contribution < 1.29 is 9.47 Å². The van der Waals surface area contributed by atoms with Crippen molar-refractivity contribution >= 4 is 22.7 Å². The molecule has 0 amide bonds. The first kappa shape index (κ1) is 18.1. The van der Waals surface area contributed by atoms with Gasteiger partial charge in [-0.2, -0.15) is 0 Å². The van der Waals surface area contributed by atoms with Crippen LogP contribution in [0.4, 0.5) is 0 Å². The number of thiazole rings is 2. The highest BCUT2D eigenvalue weighted by Crippen LogP contribution is 2.34. The zero-order valence-corrected chi connectivity index (χ0v) is 16.7. The molecule has 0 saturated carbocycles. The summed E-state index contributed by atoms with van der Waals surface area (Å²) >= 11 is 2.80. The number of rotatable bonds is 4. The average Bonchev–Trinajstić information content (AvgIpc) is 3.37. The van der Waals surface area contributed by atoms with Crippen LogP contribution in [-0.4, -0.2) is 34.2 Å². The number of aromatic nitrogens is 4. The van der Waals surface area contributed by atoms with E-state index in [4.69, 9.17) is 9.47 Å². The van der Waals surface area contributed by atoms with Crippen molar-refractivity contribution in [3.05, 3.63) is 60.2 Å². The third-order valence-electron chi connectivity index (χ3n) is 3.63. The number of hydrogen-bond acceptors (Lipinski definition) is 8. The lowest BCUT2D eigenvalue weighted by molar-refractivity contribution is 0.424. The molecule has 0 aliphatic carbocycles. The van der Waals surface area contributed by atoms with Crippen LogP contribution in [0.15, 0.2) is 48.8 Å². The van der Waals surface area contributed by atoms with Crippen molar-refractivity contribution in [2.45, 2.75) is 0 Å². The van der Waals surface area contributed by atoms with Gasteiger partial charge in [0.25, 0.3) is 0 Å². The number of nitrogens with zero attached hydrogens (tertiary/aromatic N) is 4. The van der Waals surface area contributed by atoms with Gasteiger partial charge in [-0.05, 0) is 36.1 Å². The first-order valence-electron chi connectivity index (χ1n) is 8.23. The maximum atomic E-state index is 5.43. The maximum Gasteiger partial charge on any atom is 0.210 e. The molecule has 0 aromatic carbocycles. The van der Waals surface area contributed by atoms with E-state index in [0.717, 1.165) is 21.4 Å². The molecule has 4 rings (SSSR count). The summed E-state index contributed by atoms with van der Waals surface area (Å²) in [6, 6.07) is 11.4. The largest absolute Gasteiger partial charge is 0.485 e. The minimum atomic E-state index is 0.544. The fourth-order valence-corrected chi connectivity index (χ4v) is 3.99. The van der Waals surface area contributed by atoms with E-state index >= 15 is 0 Å². The predicted molar refractivity (Wildman–Crippen MR) is 110 cm³/mol. The van der Waals surface area contributed by atoms with E-state index < -0.39 is 0 Å². The Labute approximate surface area is 169 Å². The fraction of sp³-hybridized carbons (Fsp3) is 0.100. The Morgan fingerprint density at radius 3 is 1.54 bits per heavy atom. The van der Waals surface area contributed by atoms with E-state index in [1.54, 1.807) is 26.6 Å². The molecule has 4 heterocycles. The lowest BCUT2D eigenvalue weighted by Gasteiger charge is -1.92. The molecule has 138 valence electrons. The molecule has 0 saturated heterocycles. The van der Waals surface area contributed by atoms with E-state index in [2.05, 4.69) is 31.8 Å². The van der Waals surface area contributed by atoms with Crippen LogP contribution in [0.25, 0.3) is 21.4 Å². The summed E-state index contributed by atoms with van der Waals surface area (Å²) in [7, 11) is 3.20. The smallest absolute Gasteiger partial charge is 0.210 e. The second-order valence-electron chi connectivity index (χ2n) is 5.40. The Balaban J connectivity index is 1.69. The van der Waals surface area contributed by atoms with Crippen LogP contribution in [0.1, 0.15) is 11.4 Å². The Bertz CT molecular complexity index is 1060. The number of hydrogen-bond donors (Lipinski definition) is 0. The highest BCUT2D eigenvalue weighted by atomic mass is 32.1. The van der Waals surface area contributed by atoms with Gasteiger partial charge in [0.2, 0.25) is 10.1 Å². The Morgan fingerprint density at radius 2 is 1.18 bits per heavy atom. The van der Waals surface area contributed by atoms with Crippen LogP contribution in [-0.2, 0) is 0 Å². The second-order valence-corrected chi connectivity index (χ2v) is 7.32. The van der Waals surface area contributed by atoms with Gasteiger partial charge in [0.1, 0.15) is 10.0 Å². The lowest BCUT2D eigenvalue weighted by Crippen LogP contribution is -1.86. The van der Waals surface area contributed by atoms with Crippen LogP contribution in [0, 0.1) is 11.8 Å². The van der Waals surface area contributed by atoms with Gasteiger partial charge in [-0.3, -0.25) is 9.97 Å². The molecule has 0 spiro atoms. The normalized spacial score (nSPS) is 10.2. The summed E-state index contributed by atoms with van der Waals surface area (Å²) < 4.78 is 10.9. The molecule has 0 bridgehead atoms. The predicted octanol–water partition coefficient (Wildman–Crippen LogP) is 4.14. The van der Waals surface area contributed by atoms with Crippen LogP contribution in [0.3, 0.4) is 0 Å². The number of pyridine rings is 2. The molecule has 6 nitrogen and oxygen atoms in total. The Kier molecular flexibility index (Phi) is 5.28. The molecular weight excluding hydrogens is 392 g/mol. The molecule has 0 atom stereocenters. The van der Waals surface area contributed by atoms with Gasteiger partial charge in [-0.25, -0.2) is 9.97 Å². The summed E-state index contributed by atoms with van der Waals surface area (Å²) in [5, 5.41) is 2.77. The third-order valence-corrected chi connectivity index (χ3v) is 5.71. The van der Waals surface area contributed by atoms with Crippen molar-refractivity contribution in [1.82, 2.24) is 19.9 Å². The topological polar surface area (TPSA) is 70.0 Å². The maximum absolute atomic E-state index is 5.43. The highest BCUT2D eigenvalue weighted by molar-refractivity contribution is 7.17. The van der Waals surface area contributed by atoms with Crippen LogP contribution in [0.5, 0.6) is 10.1 Å². The van der Waals surface area contributed by atoms with Crippen LogP contribution < -0.4 is 9.47 Å². The summed E-state index contributed by atoms with van der Waals surface area (Å²) in [4.78, 5) is 17.8. The number of methoxy groups -OCH3 is 2. The highest BCUT2D eigenvalue weighted by Gasteiger charge is 2.14. The molecule has 0 aliphatic rings. The first-order valence-corrected chi connectivity index (χ1v) is 9.86. The van der Waals surface area contributed by atoms with E-state index in [-0.39, 0.29) is 0 Å². The van der Waals surface area contributed by atoms with Crippen molar-refractivity contribution in [3.63, 3.8) is 0 Å². The summed E-state index contributed by atoms with van der Waals surface area (Å²) in [6.45, 7) is 0. The van der Waals surface area contributed by atoms with Gasteiger partial charge in [0.15, 0.2) is 11.4 Å². The van der Waals surface area contributed by atoms with E-state index in [0.29, 0.717) is 21.5 Å². The minimum absolute atomic E-state index is 0.544. The molecule has 4 aromatic rings. The van der Waals surface area contributed by atoms with Crippen molar-refractivity contribution in [3.8, 4) is 43.4 Å². The third kappa shape index (κ3) is 3.71. The standard InChI is InChI=1S/C20H14N4O2S2/c1-25-19-15(23-17(27-19)13-7-3-5-11-21-13)9-10-16-20(26-2)28-18(24-16)14-8-4-6-12-22-14/h3-8,11-12H,1-2H3. The van der Waals surface area contributed by atoms with E-state index in [1.807, 2.05) is 36.4 Å². The van der Waals surface area contributed by atoms with Gasteiger partial charge in [-0.1, -0.05) is 34.8 Å². The zero-order valence-electron chi connectivity index (χ0n) is 15.0. The van der Waals surface area contributed by atoms with Gasteiger partial charge in [0.05, 0.1) is 25.6 Å². The molecule has 0 aliphatic heterocycles. The Morgan fingerprint density at radius 1 is 0.714 bits per heavy atom. The first-order chi connectivity index (χ1) is 13.8. The quantitative estimate of drug-likeness (QED) is 0.475. The SMILES string of the molecule is COc1sc(-c2ccccn2)nc1C#Cc1nc(-c2ccccn2)sc1OC. The molecule has 0 fully saturated rings. The molecule has 4 aromatic heterocycles. The van der Waals surface area contributed by atoms with Crippen LogP contribution in [0.2, 0.25) is 0 Å². The van der Waals surface area contributed by atoms with Gasteiger partial charge < -0.3 is 9.47 Å². The summed E-state index contributed by atoms with van der Waals surface area (Å²) in [6.07, 6.45) is 3.46. The van der Waals surface area contributed by atoms with Crippen molar-refractivity contribution in [2.24, 2.45) is 0 Å². The van der Waals surface area contributed by atoms with Gasteiger partial charge in [0, 0.05) is 12.4 Å². The Hall–Kier alpha value is -3.28. The zero-order chi connectivity index (χ0) is 19.3. The minimum Gasteiger partial charge on any atom is -0.485 e. The van der Waals surface area contributed by atoms with Crippen molar-refractivity contribution in [1.29, 1.82) is 0 Å². The van der Waals surface area contributed by atoms with E-state index in [9.17, 15) is 0 Å². The molecule has 8 heteroatoms. The lowest BCUT2D eigenvalue weighted by atomic mass is 10.3. The monoisotopic (exact) mass is 406 g/mol. The molecule has 0 unspecified atom stereocenters. The number of ether oxygens (including phenoxy) is 2. The van der Waals surface area contributed by atoms with E-state index in [1.165, 1.54) is 22.7 Å². The van der Waals surface area contributed by atoms with Gasteiger partial charge >= 0.3 is 0 Å². The second kappa shape index (κ2) is 8.17. The molecule has 0 radical (unpaired) electrons. The molecular formula is C20H14N4O2S2. The van der Waals surface area contributed by atoms with Crippen LogP contribution >= 0.6 is 22.7 Å². The molecule has 0 N–H and O–H groups in total. The average molecular weight is 406 g/mol. The summed E-state index contributed by atoms with van der Waals surface area (Å²) in [5.41, 5.74) is 2.65.